The third kappa shape index (κ3) is 1.44. The van der Waals surface area contributed by atoms with Crippen LogP contribution in [0.4, 0.5) is 0 Å². The standard InChI is InChI=1S/C11H9N3O/c1-2-4-9-8(3-1)13-7-10(14-9)11-12-5-6-15-11/h1-4,7H,5-6H2. The van der Waals surface area contributed by atoms with E-state index in [-0.39, 0.29) is 0 Å². The summed E-state index contributed by atoms with van der Waals surface area (Å²) in [4.78, 5) is 12.9. The zero-order valence-electron chi connectivity index (χ0n) is 8.05. The van der Waals surface area contributed by atoms with E-state index in [1.165, 1.54) is 0 Å². The monoisotopic (exact) mass is 199 g/mol. The molecule has 0 N–H and O–H groups in total. The minimum absolute atomic E-state index is 0.605. The van der Waals surface area contributed by atoms with Crippen molar-refractivity contribution in [3.05, 3.63) is 36.2 Å². The van der Waals surface area contributed by atoms with Gasteiger partial charge in [-0.15, -0.1) is 0 Å². The second-order valence-electron chi connectivity index (χ2n) is 3.28. The highest BCUT2D eigenvalue weighted by molar-refractivity contribution is 5.94. The van der Waals surface area contributed by atoms with Gasteiger partial charge in [0.25, 0.3) is 0 Å². The second kappa shape index (κ2) is 3.31. The molecule has 0 amide bonds. The van der Waals surface area contributed by atoms with Crippen molar-refractivity contribution in [3.63, 3.8) is 0 Å². The summed E-state index contributed by atoms with van der Waals surface area (Å²) < 4.78 is 5.34. The molecule has 3 rings (SSSR count). The molecule has 4 nitrogen and oxygen atoms in total. The lowest BCUT2D eigenvalue weighted by Gasteiger charge is -2.01. The van der Waals surface area contributed by atoms with Crippen LogP contribution in [-0.4, -0.2) is 29.0 Å². The zero-order chi connectivity index (χ0) is 10.1. The van der Waals surface area contributed by atoms with E-state index in [0.29, 0.717) is 24.7 Å². The van der Waals surface area contributed by atoms with Crippen LogP contribution in [0.15, 0.2) is 35.5 Å². The first kappa shape index (κ1) is 8.35. The molecule has 0 radical (unpaired) electrons. The number of aromatic nitrogens is 2. The van der Waals surface area contributed by atoms with Gasteiger partial charge in [0.2, 0.25) is 5.90 Å². The van der Waals surface area contributed by atoms with Crippen LogP contribution in [0.1, 0.15) is 5.69 Å². The highest BCUT2D eigenvalue weighted by atomic mass is 16.5. The lowest BCUT2D eigenvalue weighted by molar-refractivity contribution is 0.347. The topological polar surface area (TPSA) is 47.4 Å². The predicted molar refractivity (Wildman–Crippen MR) is 56.9 cm³/mol. The van der Waals surface area contributed by atoms with E-state index in [9.17, 15) is 0 Å². The summed E-state index contributed by atoms with van der Waals surface area (Å²) in [6, 6.07) is 7.75. The summed E-state index contributed by atoms with van der Waals surface area (Å²) >= 11 is 0. The summed E-state index contributed by atoms with van der Waals surface area (Å²) in [7, 11) is 0. The molecule has 0 bridgehead atoms. The Hall–Kier alpha value is -1.97. The Morgan fingerprint density at radius 3 is 2.80 bits per heavy atom. The van der Waals surface area contributed by atoms with Crippen molar-refractivity contribution in [2.75, 3.05) is 13.2 Å². The van der Waals surface area contributed by atoms with Crippen LogP contribution in [-0.2, 0) is 4.74 Å². The maximum absolute atomic E-state index is 5.34. The molecule has 2 aromatic rings. The van der Waals surface area contributed by atoms with Crippen LogP contribution in [0.2, 0.25) is 0 Å². The number of ether oxygens (including phenoxy) is 1. The normalized spacial score (nSPS) is 15.1. The third-order valence-corrected chi connectivity index (χ3v) is 2.25. The van der Waals surface area contributed by atoms with Crippen LogP contribution in [0.5, 0.6) is 0 Å². The van der Waals surface area contributed by atoms with Gasteiger partial charge in [-0.1, -0.05) is 12.1 Å². The van der Waals surface area contributed by atoms with E-state index < -0.39 is 0 Å². The molecule has 0 unspecified atom stereocenters. The maximum atomic E-state index is 5.34. The Bertz CT molecular complexity index is 536. The van der Waals surface area contributed by atoms with Gasteiger partial charge in [0.15, 0.2) is 0 Å². The molecular weight excluding hydrogens is 190 g/mol. The number of aliphatic imine (C=N–C) groups is 1. The van der Waals surface area contributed by atoms with E-state index in [4.69, 9.17) is 4.74 Å². The van der Waals surface area contributed by atoms with Crippen LogP contribution in [0, 0.1) is 0 Å². The van der Waals surface area contributed by atoms with Crippen molar-refractivity contribution >= 4 is 16.9 Å². The number of fused-ring (bicyclic) bond motifs is 1. The number of para-hydroxylation sites is 2. The van der Waals surface area contributed by atoms with E-state index in [1.54, 1.807) is 6.20 Å². The highest BCUT2D eigenvalue weighted by Crippen LogP contribution is 2.10. The van der Waals surface area contributed by atoms with Gasteiger partial charge in [-0.25, -0.2) is 9.98 Å². The van der Waals surface area contributed by atoms with Gasteiger partial charge in [-0.05, 0) is 12.1 Å². The van der Waals surface area contributed by atoms with Crippen LogP contribution < -0.4 is 0 Å². The van der Waals surface area contributed by atoms with Crippen molar-refractivity contribution < 1.29 is 4.74 Å². The molecule has 1 aliphatic heterocycles. The van der Waals surface area contributed by atoms with E-state index in [1.807, 2.05) is 24.3 Å². The molecule has 2 heterocycles. The summed E-state index contributed by atoms with van der Waals surface area (Å²) in [6.45, 7) is 1.35. The van der Waals surface area contributed by atoms with E-state index in [0.717, 1.165) is 11.0 Å². The Balaban J connectivity index is 2.13. The minimum Gasteiger partial charge on any atom is -0.474 e. The second-order valence-corrected chi connectivity index (χ2v) is 3.28. The first-order valence-corrected chi connectivity index (χ1v) is 4.83. The highest BCUT2D eigenvalue weighted by Gasteiger charge is 2.12. The third-order valence-electron chi connectivity index (χ3n) is 2.25. The fourth-order valence-electron chi connectivity index (χ4n) is 1.55. The van der Waals surface area contributed by atoms with Crippen molar-refractivity contribution in [1.29, 1.82) is 0 Å². The molecular formula is C11H9N3O. The average Bonchev–Trinajstić information content (AvgIpc) is 2.82. The van der Waals surface area contributed by atoms with Gasteiger partial charge in [0.1, 0.15) is 12.3 Å². The van der Waals surface area contributed by atoms with Crippen molar-refractivity contribution in [3.8, 4) is 0 Å². The zero-order valence-corrected chi connectivity index (χ0v) is 8.05. The minimum atomic E-state index is 0.605. The summed E-state index contributed by atoms with van der Waals surface area (Å²) in [5.74, 6) is 0.605. The number of hydrogen-bond acceptors (Lipinski definition) is 4. The molecule has 0 saturated carbocycles. The van der Waals surface area contributed by atoms with Gasteiger partial charge in [-0.2, -0.15) is 0 Å². The number of hydrogen-bond donors (Lipinski definition) is 0. The van der Waals surface area contributed by atoms with Gasteiger partial charge in [0.05, 0.1) is 23.8 Å². The number of nitrogens with zero attached hydrogens (tertiary/aromatic N) is 3. The lowest BCUT2D eigenvalue weighted by atomic mass is 10.3. The average molecular weight is 199 g/mol. The fourth-order valence-corrected chi connectivity index (χ4v) is 1.55. The van der Waals surface area contributed by atoms with Crippen LogP contribution in [0.3, 0.4) is 0 Å². The Morgan fingerprint density at radius 1 is 1.13 bits per heavy atom. The smallest absolute Gasteiger partial charge is 0.237 e. The van der Waals surface area contributed by atoms with Crippen molar-refractivity contribution in [2.24, 2.45) is 4.99 Å². The van der Waals surface area contributed by atoms with Gasteiger partial charge in [-0.3, -0.25) is 4.98 Å². The maximum Gasteiger partial charge on any atom is 0.237 e. The molecule has 1 aromatic heterocycles. The Labute approximate surface area is 86.7 Å². The number of benzene rings is 1. The van der Waals surface area contributed by atoms with Gasteiger partial charge in [0, 0.05) is 0 Å². The van der Waals surface area contributed by atoms with E-state index in [2.05, 4.69) is 15.0 Å². The predicted octanol–water partition coefficient (Wildman–Crippen LogP) is 1.41. The summed E-state index contributed by atoms with van der Waals surface area (Å²) in [5.41, 5.74) is 2.47. The molecule has 1 aromatic carbocycles. The molecule has 1 aliphatic rings. The fraction of sp³-hybridized carbons (Fsp3) is 0.182. The first-order chi connectivity index (χ1) is 7.43. The SMILES string of the molecule is c1ccc2nc(C3=NCCO3)cnc2c1. The number of rotatable bonds is 1. The molecule has 4 heteroatoms. The molecule has 74 valence electrons. The molecule has 15 heavy (non-hydrogen) atoms. The van der Waals surface area contributed by atoms with Crippen molar-refractivity contribution in [1.82, 2.24) is 9.97 Å². The molecule has 0 saturated heterocycles. The lowest BCUT2D eigenvalue weighted by Crippen LogP contribution is -2.04. The summed E-state index contributed by atoms with van der Waals surface area (Å²) in [6.07, 6.45) is 1.70. The molecule has 0 spiro atoms. The molecule has 0 atom stereocenters. The summed E-state index contributed by atoms with van der Waals surface area (Å²) in [5, 5.41) is 0. The van der Waals surface area contributed by atoms with Gasteiger partial charge < -0.3 is 4.74 Å². The molecule has 0 aliphatic carbocycles. The van der Waals surface area contributed by atoms with Gasteiger partial charge >= 0.3 is 0 Å². The van der Waals surface area contributed by atoms with Crippen LogP contribution >= 0.6 is 0 Å². The van der Waals surface area contributed by atoms with Crippen LogP contribution in [0.25, 0.3) is 11.0 Å². The largest absolute Gasteiger partial charge is 0.474 e. The van der Waals surface area contributed by atoms with E-state index >= 15 is 0 Å². The molecule has 0 fully saturated rings. The Morgan fingerprint density at radius 2 is 2.00 bits per heavy atom. The quantitative estimate of drug-likeness (QED) is 0.697. The first-order valence-electron chi connectivity index (χ1n) is 4.83. The Kier molecular flexibility index (Phi) is 1.84. The van der Waals surface area contributed by atoms with Crippen molar-refractivity contribution in [2.45, 2.75) is 0 Å².